The molecule has 1 heteroatoms. The van der Waals surface area contributed by atoms with Crippen molar-refractivity contribution >= 4 is 5.78 Å². The van der Waals surface area contributed by atoms with Crippen molar-refractivity contribution in [1.29, 1.82) is 0 Å². The van der Waals surface area contributed by atoms with Crippen LogP contribution in [0, 0.1) is 46.3 Å². The highest BCUT2D eigenvalue weighted by atomic mass is 16.1. The fourth-order valence-electron chi connectivity index (χ4n) is 8.90. The van der Waals surface area contributed by atoms with E-state index >= 15 is 0 Å². The summed E-state index contributed by atoms with van der Waals surface area (Å²) in [6.07, 6.45) is 22.5. The zero-order valence-corrected chi connectivity index (χ0v) is 14.8. The van der Waals surface area contributed by atoms with Gasteiger partial charge in [0.25, 0.3) is 0 Å². The standard InChI is InChI=1S/C23H30O/c24-21(19-13-15-7-11-22(19)9-3-1-5-17(15)22)20-14-16-8-12-23(20)10-4-2-6-18(16)23/h1-4,15-20H,5-14H2/t15-,16-,17-,18+,19+,20-,22-,23-/m0/s1. The van der Waals surface area contributed by atoms with Gasteiger partial charge in [0.1, 0.15) is 5.78 Å². The molecule has 4 bridgehead atoms. The van der Waals surface area contributed by atoms with Gasteiger partial charge in [-0.1, -0.05) is 24.3 Å². The third-order valence-corrected chi connectivity index (χ3v) is 9.84. The highest BCUT2D eigenvalue weighted by Crippen LogP contribution is 2.70. The monoisotopic (exact) mass is 322 g/mol. The first kappa shape index (κ1) is 14.3. The SMILES string of the molecule is O=C([C@H]1C[C@@H]2CC[C@]13CC=CC[C@@H]23)[C@@H]1C[C@@H]2CC[C@]13CC=CC[C@H]23. The summed E-state index contributed by atoms with van der Waals surface area (Å²) in [5, 5.41) is 0. The molecule has 24 heavy (non-hydrogen) atoms. The summed E-state index contributed by atoms with van der Waals surface area (Å²) in [4.78, 5) is 13.9. The lowest BCUT2D eigenvalue weighted by Gasteiger charge is -2.44. The van der Waals surface area contributed by atoms with Crippen LogP contribution in [0.1, 0.15) is 64.2 Å². The Balaban J connectivity index is 1.35. The number of hydrogen-bond donors (Lipinski definition) is 0. The van der Waals surface area contributed by atoms with Crippen LogP contribution in [0.15, 0.2) is 24.3 Å². The lowest BCUT2D eigenvalue weighted by Crippen LogP contribution is -2.43. The molecule has 0 aliphatic heterocycles. The van der Waals surface area contributed by atoms with Crippen LogP contribution in [-0.2, 0) is 4.79 Å². The van der Waals surface area contributed by atoms with Crippen molar-refractivity contribution in [2.45, 2.75) is 64.2 Å². The van der Waals surface area contributed by atoms with E-state index in [1.807, 2.05) is 0 Å². The predicted octanol–water partition coefficient (Wildman–Crippen LogP) is 5.32. The first-order valence-electron chi connectivity index (χ1n) is 10.6. The van der Waals surface area contributed by atoms with Crippen molar-refractivity contribution in [2.24, 2.45) is 46.3 Å². The molecule has 6 aliphatic carbocycles. The van der Waals surface area contributed by atoms with E-state index < -0.39 is 0 Å². The maximum Gasteiger partial charge on any atom is 0.140 e. The predicted molar refractivity (Wildman–Crippen MR) is 95.3 cm³/mol. The Morgan fingerprint density at radius 3 is 1.75 bits per heavy atom. The normalized spacial score (nSPS) is 56.5. The second kappa shape index (κ2) is 4.65. The average Bonchev–Trinajstić information content (AvgIpc) is 3.35. The number of carbonyl (C=O) groups is 1. The van der Waals surface area contributed by atoms with Crippen LogP contribution in [0.3, 0.4) is 0 Å². The molecule has 0 heterocycles. The molecule has 8 atom stereocenters. The molecule has 0 spiro atoms. The summed E-state index contributed by atoms with van der Waals surface area (Å²) in [6, 6.07) is 0. The average molecular weight is 322 g/mol. The van der Waals surface area contributed by atoms with E-state index in [-0.39, 0.29) is 0 Å². The molecule has 4 fully saturated rings. The van der Waals surface area contributed by atoms with Crippen molar-refractivity contribution < 1.29 is 4.79 Å². The Hall–Kier alpha value is -0.850. The van der Waals surface area contributed by atoms with Crippen LogP contribution in [0.25, 0.3) is 0 Å². The van der Waals surface area contributed by atoms with Crippen molar-refractivity contribution in [3.63, 3.8) is 0 Å². The zero-order valence-electron chi connectivity index (χ0n) is 14.8. The summed E-state index contributed by atoms with van der Waals surface area (Å²) in [5.41, 5.74) is 0.768. The number of rotatable bonds is 2. The fourth-order valence-corrected chi connectivity index (χ4v) is 8.90. The molecular formula is C23H30O. The Morgan fingerprint density at radius 1 is 0.750 bits per heavy atom. The van der Waals surface area contributed by atoms with Gasteiger partial charge in [-0.25, -0.2) is 0 Å². The van der Waals surface area contributed by atoms with Gasteiger partial charge in [-0.15, -0.1) is 0 Å². The second-order valence-corrected chi connectivity index (χ2v) is 10.1. The van der Waals surface area contributed by atoms with Crippen molar-refractivity contribution in [3.05, 3.63) is 24.3 Å². The van der Waals surface area contributed by atoms with Crippen molar-refractivity contribution in [2.75, 3.05) is 0 Å². The lowest BCUT2D eigenvalue weighted by molar-refractivity contribution is -0.136. The molecule has 0 saturated heterocycles. The van der Waals surface area contributed by atoms with Crippen LogP contribution < -0.4 is 0 Å². The summed E-state index contributed by atoms with van der Waals surface area (Å²) in [5.74, 6) is 4.97. The van der Waals surface area contributed by atoms with E-state index in [9.17, 15) is 4.79 Å². The van der Waals surface area contributed by atoms with Crippen molar-refractivity contribution in [3.8, 4) is 0 Å². The van der Waals surface area contributed by atoms with Crippen molar-refractivity contribution in [1.82, 2.24) is 0 Å². The van der Waals surface area contributed by atoms with Gasteiger partial charge in [0.15, 0.2) is 0 Å². The quantitative estimate of drug-likeness (QED) is 0.629. The van der Waals surface area contributed by atoms with Gasteiger partial charge < -0.3 is 0 Å². The van der Waals surface area contributed by atoms with Crippen LogP contribution in [0.5, 0.6) is 0 Å². The highest BCUT2D eigenvalue weighted by Gasteiger charge is 2.66. The largest absolute Gasteiger partial charge is 0.299 e. The Bertz CT molecular complexity index is 590. The number of hydrogen-bond acceptors (Lipinski definition) is 1. The van der Waals surface area contributed by atoms with E-state index in [0.29, 0.717) is 22.7 Å². The lowest BCUT2D eigenvalue weighted by atomic mass is 9.59. The maximum absolute atomic E-state index is 13.9. The van der Waals surface area contributed by atoms with Crippen LogP contribution in [-0.4, -0.2) is 5.78 Å². The van der Waals surface area contributed by atoms with Crippen LogP contribution >= 0.6 is 0 Å². The molecule has 0 aromatic carbocycles. The first-order valence-corrected chi connectivity index (χ1v) is 10.6. The molecule has 0 N–H and O–H groups in total. The van der Waals surface area contributed by atoms with E-state index in [2.05, 4.69) is 24.3 Å². The van der Waals surface area contributed by atoms with E-state index in [0.717, 1.165) is 29.5 Å². The number of allylic oxidation sites excluding steroid dienone is 4. The van der Waals surface area contributed by atoms with E-state index in [1.165, 1.54) is 64.2 Å². The molecule has 0 radical (unpaired) electrons. The van der Waals surface area contributed by atoms with Gasteiger partial charge in [-0.3, -0.25) is 4.79 Å². The van der Waals surface area contributed by atoms with Crippen LogP contribution in [0.4, 0.5) is 0 Å². The number of carbonyl (C=O) groups excluding carboxylic acids is 1. The molecule has 128 valence electrons. The Morgan fingerprint density at radius 2 is 1.25 bits per heavy atom. The minimum Gasteiger partial charge on any atom is -0.299 e. The molecule has 0 aromatic rings. The third-order valence-electron chi connectivity index (χ3n) is 9.84. The Labute approximate surface area is 146 Å². The van der Waals surface area contributed by atoms with Gasteiger partial charge in [-0.05, 0) is 98.7 Å². The summed E-state index contributed by atoms with van der Waals surface area (Å²) in [7, 11) is 0. The minimum atomic E-state index is 0.384. The van der Waals surface area contributed by atoms with Gasteiger partial charge in [0.05, 0.1) is 0 Å². The zero-order chi connectivity index (χ0) is 15.9. The topological polar surface area (TPSA) is 17.1 Å². The molecule has 6 rings (SSSR count). The summed E-state index contributed by atoms with van der Waals surface area (Å²) >= 11 is 0. The fraction of sp³-hybridized carbons (Fsp3) is 0.783. The smallest absolute Gasteiger partial charge is 0.140 e. The second-order valence-electron chi connectivity index (χ2n) is 10.1. The maximum atomic E-state index is 13.9. The van der Waals surface area contributed by atoms with Gasteiger partial charge >= 0.3 is 0 Å². The molecule has 1 nitrogen and oxygen atoms in total. The van der Waals surface area contributed by atoms with E-state index in [1.54, 1.807) is 0 Å². The molecule has 0 aromatic heterocycles. The number of ketones is 1. The molecule has 0 amide bonds. The third kappa shape index (κ3) is 1.52. The first-order chi connectivity index (χ1) is 11.7. The number of Topliss-reactive ketones (excluding diaryl/α,β-unsaturated/α-hetero) is 1. The van der Waals surface area contributed by atoms with E-state index in [4.69, 9.17) is 0 Å². The van der Waals surface area contributed by atoms with Gasteiger partial charge in [0.2, 0.25) is 0 Å². The van der Waals surface area contributed by atoms with Gasteiger partial charge in [-0.2, -0.15) is 0 Å². The summed E-state index contributed by atoms with van der Waals surface area (Å²) < 4.78 is 0. The highest BCUT2D eigenvalue weighted by molar-refractivity contribution is 5.86. The Kier molecular flexibility index (Phi) is 2.78. The molecular weight excluding hydrogens is 292 g/mol. The molecule has 0 unspecified atom stereocenters. The minimum absolute atomic E-state index is 0.384. The summed E-state index contributed by atoms with van der Waals surface area (Å²) in [6.45, 7) is 0. The molecule has 4 saturated carbocycles. The van der Waals surface area contributed by atoms with Gasteiger partial charge in [0, 0.05) is 11.8 Å². The molecule has 6 aliphatic rings. The van der Waals surface area contributed by atoms with Crippen LogP contribution in [0.2, 0.25) is 0 Å².